The van der Waals surface area contributed by atoms with Crippen molar-refractivity contribution in [2.24, 2.45) is 0 Å². The van der Waals surface area contributed by atoms with Crippen LogP contribution in [0.4, 0.5) is 5.82 Å². The summed E-state index contributed by atoms with van der Waals surface area (Å²) in [6.07, 6.45) is 3.94. The van der Waals surface area contributed by atoms with E-state index in [4.69, 9.17) is 23.2 Å². The van der Waals surface area contributed by atoms with E-state index in [1.165, 1.54) is 17.3 Å². The molecule has 0 bridgehead atoms. The average molecular weight is 497 g/mol. The number of halogens is 2. The molecule has 1 aliphatic rings. The van der Waals surface area contributed by atoms with E-state index in [1.54, 1.807) is 35.4 Å². The Morgan fingerprint density at radius 1 is 1.19 bits per heavy atom. The van der Waals surface area contributed by atoms with E-state index in [0.717, 1.165) is 22.9 Å². The summed E-state index contributed by atoms with van der Waals surface area (Å²) in [5, 5.41) is 3.06. The first-order valence-electron chi connectivity index (χ1n) is 9.65. The first-order valence-corrected chi connectivity index (χ1v) is 12.3. The standard InChI is InChI=1S/C21H22Cl2N4O4S/c1-14(28)25-20-12-15(4-6-24-20)16-9-17(11-18(23)10-16)19-13-26(32(2,30)31)7-8-27(19)21(29)3-5-22/h3-6,9-12,19H,7-8,13H2,1-2H3,(H,24,25,28)/b5-3-/t19-/m1/s1. The number of pyridine rings is 1. The van der Waals surface area contributed by atoms with Gasteiger partial charge < -0.3 is 10.2 Å². The number of anilines is 1. The van der Waals surface area contributed by atoms with Crippen LogP contribution in [0, 0.1) is 0 Å². The SMILES string of the molecule is CC(=O)Nc1cc(-c2cc(Cl)cc([C@H]3CN(S(C)(=O)=O)CCN3C(=O)/C=C\Cl)c2)ccn1. The van der Waals surface area contributed by atoms with Gasteiger partial charge in [-0.3, -0.25) is 9.59 Å². The Balaban J connectivity index is 2.04. The third-order valence-corrected chi connectivity index (χ3v) is 6.62. The summed E-state index contributed by atoms with van der Waals surface area (Å²) in [4.78, 5) is 29.7. The highest BCUT2D eigenvalue weighted by molar-refractivity contribution is 7.88. The number of nitrogens with zero attached hydrogens (tertiary/aromatic N) is 3. The van der Waals surface area contributed by atoms with E-state index < -0.39 is 16.1 Å². The number of hydrogen-bond acceptors (Lipinski definition) is 5. The molecule has 0 aliphatic carbocycles. The number of rotatable bonds is 5. The normalized spacial score (nSPS) is 17.5. The van der Waals surface area contributed by atoms with Crippen molar-refractivity contribution in [1.82, 2.24) is 14.2 Å². The molecule has 1 saturated heterocycles. The molecule has 3 rings (SSSR count). The van der Waals surface area contributed by atoms with Crippen LogP contribution in [-0.2, 0) is 19.6 Å². The van der Waals surface area contributed by atoms with E-state index >= 15 is 0 Å². The number of amides is 2. The summed E-state index contributed by atoms with van der Waals surface area (Å²) in [5.41, 5.74) is 3.29. The van der Waals surface area contributed by atoms with Crippen molar-refractivity contribution in [3.63, 3.8) is 0 Å². The second kappa shape index (κ2) is 9.99. The first-order chi connectivity index (χ1) is 15.1. The van der Waals surface area contributed by atoms with Crippen LogP contribution >= 0.6 is 23.2 Å². The zero-order valence-corrected chi connectivity index (χ0v) is 19.8. The lowest BCUT2D eigenvalue weighted by molar-refractivity contribution is -0.130. The molecule has 2 amide bonds. The smallest absolute Gasteiger partial charge is 0.248 e. The van der Waals surface area contributed by atoms with Crippen LogP contribution in [0.2, 0.25) is 5.02 Å². The number of benzene rings is 1. The van der Waals surface area contributed by atoms with E-state index in [9.17, 15) is 18.0 Å². The number of carbonyl (C=O) groups excluding carboxylic acids is 2. The van der Waals surface area contributed by atoms with E-state index in [2.05, 4.69) is 10.3 Å². The molecule has 170 valence electrons. The molecule has 11 heteroatoms. The lowest BCUT2D eigenvalue weighted by atomic mass is 9.97. The van der Waals surface area contributed by atoms with Crippen molar-refractivity contribution < 1.29 is 18.0 Å². The van der Waals surface area contributed by atoms with Gasteiger partial charge in [0.05, 0.1) is 12.3 Å². The second-order valence-corrected chi connectivity index (χ2v) is 10.0. The molecule has 2 heterocycles. The lowest BCUT2D eigenvalue weighted by Gasteiger charge is -2.40. The molecule has 2 aromatic rings. The van der Waals surface area contributed by atoms with Crippen molar-refractivity contribution in [2.45, 2.75) is 13.0 Å². The Labute approximate surface area is 196 Å². The van der Waals surface area contributed by atoms with Crippen LogP contribution in [0.25, 0.3) is 11.1 Å². The van der Waals surface area contributed by atoms with Gasteiger partial charge in [-0.1, -0.05) is 23.2 Å². The van der Waals surface area contributed by atoms with E-state index in [0.29, 0.717) is 16.4 Å². The van der Waals surface area contributed by atoms with Crippen LogP contribution in [0.15, 0.2) is 48.1 Å². The minimum atomic E-state index is -3.45. The van der Waals surface area contributed by atoms with Gasteiger partial charge in [0.15, 0.2) is 0 Å². The Morgan fingerprint density at radius 2 is 1.94 bits per heavy atom. The predicted molar refractivity (Wildman–Crippen MR) is 125 cm³/mol. The molecule has 1 aromatic heterocycles. The maximum Gasteiger partial charge on any atom is 0.248 e. The quantitative estimate of drug-likeness (QED) is 0.640. The topological polar surface area (TPSA) is 99.7 Å². The zero-order chi connectivity index (χ0) is 23.5. The second-order valence-electron chi connectivity index (χ2n) is 7.35. The van der Waals surface area contributed by atoms with Crippen molar-refractivity contribution in [3.05, 3.63) is 58.7 Å². The monoisotopic (exact) mass is 496 g/mol. The lowest BCUT2D eigenvalue weighted by Crippen LogP contribution is -2.51. The van der Waals surface area contributed by atoms with Crippen LogP contribution in [0.1, 0.15) is 18.5 Å². The minimum Gasteiger partial charge on any atom is -0.329 e. The molecule has 0 unspecified atom stereocenters. The molecule has 1 N–H and O–H groups in total. The maximum atomic E-state index is 12.6. The fourth-order valence-corrected chi connectivity index (χ4v) is 4.76. The molecule has 8 nitrogen and oxygen atoms in total. The fourth-order valence-electron chi connectivity index (χ4n) is 3.59. The molecule has 0 saturated carbocycles. The molecular weight excluding hydrogens is 475 g/mol. The number of nitrogens with one attached hydrogen (secondary N) is 1. The van der Waals surface area contributed by atoms with E-state index in [1.807, 2.05) is 6.07 Å². The van der Waals surface area contributed by atoms with Gasteiger partial charge in [-0.05, 0) is 47.0 Å². The van der Waals surface area contributed by atoms with Crippen molar-refractivity contribution in [1.29, 1.82) is 0 Å². The fraction of sp³-hybridized carbons (Fsp3) is 0.286. The summed E-state index contributed by atoms with van der Waals surface area (Å²) in [7, 11) is -3.45. The van der Waals surface area contributed by atoms with Gasteiger partial charge in [0, 0.05) is 49.4 Å². The van der Waals surface area contributed by atoms with Gasteiger partial charge in [0.2, 0.25) is 21.8 Å². The van der Waals surface area contributed by atoms with Crippen molar-refractivity contribution >= 4 is 50.9 Å². The minimum absolute atomic E-state index is 0.0912. The van der Waals surface area contributed by atoms with Crippen molar-refractivity contribution in [2.75, 3.05) is 31.2 Å². The summed E-state index contributed by atoms with van der Waals surface area (Å²) in [6, 6.07) is 8.22. The Hall–Kier alpha value is -2.46. The molecule has 1 atom stereocenters. The van der Waals surface area contributed by atoms with Gasteiger partial charge in [-0.25, -0.2) is 13.4 Å². The largest absolute Gasteiger partial charge is 0.329 e. The number of sulfonamides is 1. The predicted octanol–water partition coefficient (Wildman–Crippen LogP) is 3.26. The summed E-state index contributed by atoms with van der Waals surface area (Å²) < 4.78 is 25.7. The Kier molecular flexibility index (Phi) is 7.55. The summed E-state index contributed by atoms with van der Waals surface area (Å²) in [6.45, 7) is 1.88. The average Bonchev–Trinajstić information content (AvgIpc) is 2.72. The van der Waals surface area contributed by atoms with Gasteiger partial charge in [-0.15, -0.1) is 0 Å². The van der Waals surface area contributed by atoms with Crippen LogP contribution in [0.5, 0.6) is 0 Å². The molecular formula is C21H22Cl2N4O4S. The first kappa shape index (κ1) is 24.2. The number of carbonyl (C=O) groups is 2. The van der Waals surface area contributed by atoms with Gasteiger partial charge in [-0.2, -0.15) is 4.31 Å². The third-order valence-electron chi connectivity index (χ3n) is 5.00. The van der Waals surface area contributed by atoms with Crippen LogP contribution < -0.4 is 5.32 Å². The van der Waals surface area contributed by atoms with Crippen molar-refractivity contribution in [3.8, 4) is 11.1 Å². The highest BCUT2D eigenvalue weighted by Gasteiger charge is 2.34. The number of piperazine rings is 1. The van der Waals surface area contributed by atoms with Gasteiger partial charge in [0.25, 0.3) is 0 Å². The van der Waals surface area contributed by atoms with Gasteiger partial charge in [0.1, 0.15) is 5.82 Å². The van der Waals surface area contributed by atoms with Crippen LogP contribution in [0.3, 0.4) is 0 Å². The molecule has 1 aromatic carbocycles. The van der Waals surface area contributed by atoms with Crippen LogP contribution in [-0.4, -0.2) is 60.3 Å². The molecule has 1 aliphatic heterocycles. The van der Waals surface area contributed by atoms with Gasteiger partial charge >= 0.3 is 0 Å². The number of hydrogen-bond donors (Lipinski definition) is 1. The maximum absolute atomic E-state index is 12.6. The summed E-state index contributed by atoms with van der Waals surface area (Å²) >= 11 is 12.0. The third kappa shape index (κ3) is 5.86. The summed E-state index contributed by atoms with van der Waals surface area (Å²) in [5.74, 6) is -0.177. The number of aromatic nitrogens is 1. The molecule has 1 fully saturated rings. The molecule has 0 radical (unpaired) electrons. The van der Waals surface area contributed by atoms with E-state index in [-0.39, 0.29) is 31.4 Å². The highest BCUT2D eigenvalue weighted by Crippen LogP contribution is 2.33. The molecule has 0 spiro atoms. The molecule has 32 heavy (non-hydrogen) atoms. The zero-order valence-electron chi connectivity index (χ0n) is 17.5. The Morgan fingerprint density at radius 3 is 2.59 bits per heavy atom. The Bertz CT molecular complexity index is 1170. The highest BCUT2D eigenvalue weighted by atomic mass is 35.5.